The van der Waals surface area contributed by atoms with Gasteiger partial charge in [-0.05, 0) is 13.3 Å². The van der Waals surface area contributed by atoms with E-state index >= 15 is 0 Å². The number of rotatable bonds is 7. The highest BCUT2D eigenvalue weighted by atomic mass is 28.2. The predicted octanol–water partition coefficient (Wildman–Crippen LogP) is -0.316. The van der Waals surface area contributed by atoms with Gasteiger partial charge in [-0.2, -0.15) is 0 Å². The van der Waals surface area contributed by atoms with Gasteiger partial charge >= 0.3 is 0 Å². The van der Waals surface area contributed by atoms with E-state index in [1.54, 1.807) is 0 Å². The van der Waals surface area contributed by atoms with Gasteiger partial charge in [-0.1, -0.05) is 0 Å². The van der Waals surface area contributed by atoms with Crippen LogP contribution in [0, 0.1) is 0 Å². The van der Waals surface area contributed by atoms with E-state index in [1.807, 2.05) is 6.92 Å². The van der Waals surface area contributed by atoms with Crippen LogP contribution in [-0.2, 0) is 13.9 Å². The molecule has 0 saturated heterocycles. The van der Waals surface area contributed by atoms with Crippen molar-refractivity contribution < 1.29 is 13.9 Å². The minimum Gasteiger partial charge on any atom is -0.428 e. The summed E-state index contributed by atoms with van der Waals surface area (Å²) in [6.45, 7) is 4.64. The molecule has 0 amide bonds. The molecule has 0 aromatic heterocycles. The molecule has 0 heterocycles. The average Bonchev–Trinajstić information content (AvgIpc) is 1.97. The lowest BCUT2D eigenvalue weighted by Gasteiger charge is -2.02. The monoisotopic (exact) mass is 164 g/mol. The summed E-state index contributed by atoms with van der Waals surface area (Å²) in [7, 11) is 0.822. The molecular weight excluding hydrogens is 148 g/mol. The van der Waals surface area contributed by atoms with Gasteiger partial charge in [0.05, 0.1) is 6.61 Å². The fourth-order valence-corrected chi connectivity index (χ4v) is 0.795. The topological polar surface area (TPSA) is 27.7 Å². The van der Waals surface area contributed by atoms with Crippen LogP contribution in [0.1, 0.15) is 13.3 Å². The Morgan fingerprint density at radius 1 is 1.20 bits per heavy atom. The van der Waals surface area contributed by atoms with Gasteiger partial charge in [-0.25, -0.2) is 0 Å². The zero-order valence-electron chi connectivity index (χ0n) is 6.76. The van der Waals surface area contributed by atoms with Gasteiger partial charge in [0.1, 0.15) is 17.3 Å². The molecule has 0 radical (unpaired) electrons. The SMILES string of the molecule is CCOCOCCCO[SiH3]. The zero-order valence-corrected chi connectivity index (χ0v) is 8.76. The summed E-state index contributed by atoms with van der Waals surface area (Å²) in [4.78, 5) is 0. The molecule has 0 spiro atoms. The second-order valence-electron chi connectivity index (χ2n) is 1.87. The molecule has 10 heavy (non-hydrogen) atoms. The molecule has 4 heteroatoms. The number of ether oxygens (including phenoxy) is 2. The molecule has 0 fully saturated rings. The van der Waals surface area contributed by atoms with E-state index in [2.05, 4.69) is 0 Å². The van der Waals surface area contributed by atoms with E-state index in [0.29, 0.717) is 6.79 Å². The summed E-state index contributed by atoms with van der Waals surface area (Å²) in [6.07, 6.45) is 0.969. The van der Waals surface area contributed by atoms with Gasteiger partial charge < -0.3 is 13.9 Å². The van der Waals surface area contributed by atoms with Crippen LogP contribution in [0.25, 0.3) is 0 Å². The first-order valence-corrected chi connectivity index (χ1v) is 4.38. The third kappa shape index (κ3) is 8.10. The van der Waals surface area contributed by atoms with Gasteiger partial charge in [0.15, 0.2) is 0 Å². The van der Waals surface area contributed by atoms with Crippen molar-refractivity contribution in [1.82, 2.24) is 0 Å². The smallest absolute Gasteiger partial charge is 0.146 e. The van der Waals surface area contributed by atoms with Crippen LogP contribution in [0.15, 0.2) is 0 Å². The van der Waals surface area contributed by atoms with Crippen molar-refractivity contribution in [2.24, 2.45) is 0 Å². The molecule has 0 aliphatic heterocycles. The highest BCUT2D eigenvalue weighted by molar-refractivity contribution is 5.97. The largest absolute Gasteiger partial charge is 0.428 e. The van der Waals surface area contributed by atoms with E-state index in [9.17, 15) is 0 Å². The maximum Gasteiger partial charge on any atom is 0.146 e. The molecule has 0 saturated carbocycles. The maximum atomic E-state index is 5.09. The summed E-state index contributed by atoms with van der Waals surface area (Å²) in [6, 6.07) is 0. The molecule has 0 aliphatic rings. The fourth-order valence-electron chi connectivity index (χ4n) is 0.507. The molecule has 0 aliphatic carbocycles. The lowest BCUT2D eigenvalue weighted by Crippen LogP contribution is -2.03. The highest BCUT2D eigenvalue weighted by Crippen LogP contribution is 1.83. The van der Waals surface area contributed by atoms with E-state index in [4.69, 9.17) is 13.9 Å². The second kappa shape index (κ2) is 9.10. The molecular formula is C6H16O3Si. The second-order valence-corrected chi connectivity index (χ2v) is 2.44. The minimum absolute atomic E-state index is 0.414. The number of hydrogen-bond donors (Lipinski definition) is 0. The lowest BCUT2D eigenvalue weighted by molar-refractivity contribution is -0.0514. The van der Waals surface area contributed by atoms with Crippen LogP contribution >= 0.6 is 0 Å². The first-order chi connectivity index (χ1) is 4.91. The Morgan fingerprint density at radius 2 is 2.00 bits per heavy atom. The Bertz CT molecular complexity index is 53.0. The van der Waals surface area contributed by atoms with Crippen molar-refractivity contribution in [2.75, 3.05) is 26.6 Å². The van der Waals surface area contributed by atoms with E-state index in [0.717, 1.165) is 36.7 Å². The van der Waals surface area contributed by atoms with Crippen LogP contribution in [0.5, 0.6) is 0 Å². The van der Waals surface area contributed by atoms with Gasteiger partial charge in [0.2, 0.25) is 0 Å². The van der Waals surface area contributed by atoms with Crippen molar-refractivity contribution in [3.8, 4) is 0 Å². The van der Waals surface area contributed by atoms with Crippen LogP contribution in [0.4, 0.5) is 0 Å². The van der Waals surface area contributed by atoms with Crippen LogP contribution in [0.2, 0.25) is 0 Å². The highest BCUT2D eigenvalue weighted by Gasteiger charge is 1.85. The molecule has 62 valence electrons. The quantitative estimate of drug-likeness (QED) is 0.293. The van der Waals surface area contributed by atoms with Crippen LogP contribution in [-0.4, -0.2) is 37.1 Å². The summed E-state index contributed by atoms with van der Waals surface area (Å²) < 4.78 is 15.0. The minimum atomic E-state index is 0.414. The predicted molar refractivity (Wildman–Crippen MR) is 43.0 cm³/mol. The van der Waals surface area contributed by atoms with Crippen LogP contribution in [0.3, 0.4) is 0 Å². The van der Waals surface area contributed by atoms with E-state index in [1.165, 1.54) is 0 Å². The Balaban J connectivity index is 2.65. The van der Waals surface area contributed by atoms with Crippen molar-refractivity contribution >= 4 is 10.5 Å². The van der Waals surface area contributed by atoms with E-state index < -0.39 is 0 Å². The molecule has 0 aromatic carbocycles. The Hall–Kier alpha value is 0.0969. The lowest BCUT2D eigenvalue weighted by atomic mass is 10.5. The standard InChI is InChI=1S/C6H16O3Si/c1-2-7-6-8-4-3-5-9-10/h2-6H2,1,10H3. The van der Waals surface area contributed by atoms with Gasteiger partial charge in [0.25, 0.3) is 0 Å². The van der Waals surface area contributed by atoms with Gasteiger partial charge in [0, 0.05) is 13.2 Å². The summed E-state index contributed by atoms with van der Waals surface area (Å²) in [5.74, 6) is 0. The van der Waals surface area contributed by atoms with Crippen molar-refractivity contribution in [1.29, 1.82) is 0 Å². The Labute approximate surface area is 65.2 Å². The molecule has 3 nitrogen and oxygen atoms in total. The van der Waals surface area contributed by atoms with Crippen molar-refractivity contribution in [2.45, 2.75) is 13.3 Å². The third-order valence-electron chi connectivity index (χ3n) is 1.01. The maximum absolute atomic E-state index is 5.09. The number of hydrogen-bond acceptors (Lipinski definition) is 3. The molecule has 0 aromatic rings. The molecule has 0 unspecified atom stereocenters. The Kier molecular flexibility index (Phi) is 9.19. The Morgan fingerprint density at radius 3 is 2.60 bits per heavy atom. The zero-order chi connectivity index (χ0) is 7.66. The normalized spacial score (nSPS) is 10.5. The summed E-state index contributed by atoms with van der Waals surface area (Å²) in [5, 5.41) is 0. The average molecular weight is 164 g/mol. The fraction of sp³-hybridized carbons (Fsp3) is 1.00. The van der Waals surface area contributed by atoms with Crippen LogP contribution < -0.4 is 0 Å². The van der Waals surface area contributed by atoms with Gasteiger partial charge in [-0.15, -0.1) is 0 Å². The van der Waals surface area contributed by atoms with Crippen molar-refractivity contribution in [3.05, 3.63) is 0 Å². The molecule has 0 atom stereocenters. The molecule has 0 rings (SSSR count). The summed E-state index contributed by atoms with van der Waals surface area (Å²) in [5.41, 5.74) is 0. The first kappa shape index (κ1) is 10.1. The first-order valence-electron chi connectivity index (χ1n) is 3.56. The van der Waals surface area contributed by atoms with Crippen molar-refractivity contribution in [3.63, 3.8) is 0 Å². The third-order valence-corrected chi connectivity index (χ3v) is 1.42. The molecule has 0 N–H and O–H groups in total. The summed E-state index contributed by atoms with van der Waals surface area (Å²) >= 11 is 0. The molecule has 0 bridgehead atoms. The van der Waals surface area contributed by atoms with Gasteiger partial charge in [-0.3, -0.25) is 0 Å². The van der Waals surface area contributed by atoms with E-state index in [-0.39, 0.29) is 0 Å².